The normalized spacial score (nSPS) is 13.8. The Balaban J connectivity index is 2.49. The molecular weight excluding hydrogens is 247 g/mol. The van der Waals surface area contributed by atoms with Crippen molar-refractivity contribution >= 4 is 0 Å². The molecule has 104 valence electrons. The fraction of sp³-hybridized carbons (Fsp3) is 0.900. The van der Waals surface area contributed by atoms with Crippen molar-refractivity contribution in [3.05, 3.63) is 5.82 Å². The second-order valence-electron chi connectivity index (χ2n) is 4.20. The minimum atomic E-state index is -4.12. The van der Waals surface area contributed by atoms with Crippen molar-refractivity contribution in [3.8, 4) is 0 Å². The maximum absolute atomic E-state index is 12.2. The second kappa shape index (κ2) is 6.67. The number of tetrazole rings is 1. The van der Waals surface area contributed by atoms with E-state index in [4.69, 9.17) is 0 Å². The molecule has 0 spiro atoms. The summed E-state index contributed by atoms with van der Waals surface area (Å²) in [6.07, 6.45) is -3.65. The van der Waals surface area contributed by atoms with Crippen LogP contribution in [0.1, 0.15) is 32.0 Å². The minimum absolute atomic E-state index is 0.0295. The van der Waals surface area contributed by atoms with Crippen molar-refractivity contribution in [1.82, 2.24) is 25.5 Å². The summed E-state index contributed by atoms with van der Waals surface area (Å²) in [5.41, 5.74) is 0. The Hall–Kier alpha value is -1.18. The van der Waals surface area contributed by atoms with Crippen LogP contribution in [0.4, 0.5) is 13.2 Å². The Labute approximate surface area is 104 Å². The SMILES string of the molecule is CCCNC(CCC(F)(F)F)Cc1nnn(C)n1. The lowest BCUT2D eigenvalue weighted by atomic mass is 10.1. The molecule has 0 bridgehead atoms. The van der Waals surface area contributed by atoms with E-state index in [1.807, 2.05) is 6.92 Å². The van der Waals surface area contributed by atoms with E-state index in [9.17, 15) is 13.2 Å². The Kier molecular flexibility index (Phi) is 5.52. The standard InChI is InChI=1S/C10H18F3N5/c1-3-6-14-8(4-5-10(11,12)13)7-9-15-17-18(2)16-9/h8,14H,3-7H2,1-2H3. The van der Waals surface area contributed by atoms with Gasteiger partial charge in [0.1, 0.15) is 0 Å². The molecule has 1 atom stereocenters. The van der Waals surface area contributed by atoms with Crippen LogP contribution >= 0.6 is 0 Å². The van der Waals surface area contributed by atoms with Crippen molar-refractivity contribution in [2.75, 3.05) is 6.54 Å². The first-order chi connectivity index (χ1) is 8.40. The maximum atomic E-state index is 12.2. The Bertz CT molecular complexity index is 350. The molecule has 0 aliphatic heterocycles. The van der Waals surface area contributed by atoms with Gasteiger partial charge in [-0.1, -0.05) is 6.92 Å². The number of hydrogen-bond acceptors (Lipinski definition) is 4. The van der Waals surface area contributed by atoms with Gasteiger partial charge in [-0.05, 0) is 24.6 Å². The number of halogens is 3. The zero-order valence-electron chi connectivity index (χ0n) is 10.5. The molecule has 18 heavy (non-hydrogen) atoms. The minimum Gasteiger partial charge on any atom is -0.314 e. The van der Waals surface area contributed by atoms with Crippen LogP contribution in [0.15, 0.2) is 0 Å². The summed E-state index contributed by atoms with van der Waals surface area (Å²) in [7, 11) is 1.63. The molecule has 0 aromatic carbocycles. The van der Waals surface area contributed by atoms with Gasteiger partial charge in [0.05, 0.1) is 7.05 Å². The number of hydrogen-bond donors (Lipinski definition) is 1. The number of alkyl halides is 3. The molecule has 0 aliphatic rings. The van der Waals surface area contributed by atoms with Gasteiger partial charge < -0.3 is 5.32 Å². The van der Waals surface area contributed by atoms with Crippen LogP contribution in [0.3, 0.4) is 0 Å². The molecule has 0 aliphatic carbocycles. The van der Waals surface area contributed by atoms with Crippen LogP contribution in [0, 0.1) is 0 Å². The third-order valence-electron chi connectivity index (χ3n) is 2.44. The molecule has 8 heteroatoms. The molecule has 5 nitrogen and oxygen atoms in total. The highest BCUT2D eigenvalue weighted by Crippen LogP contribution is 2.22. The van der Waals surface area contributed by atoms with Crippen LogP contribution in [-0.4, -0.2) is 39.0 Å². The number of aromatic nitrogens is 4. The molecule has 0 fully saturated rings. The molecule has 1 unspecified atom stereocenters. The van der Waals surface area contributed by atoms with E-state index in [-0.39, 0.29) is 12.5 Å². The van der Waals surface area contributed by atoms with E-state index in [1.165, 1.54) is 4.80 Å². The predicted molar refractivity (Wildman–Crippen MR) is 59.9 cm³/mol. The largest absolute Gasteiger partial charge is 0.389 e. The molecular formula is C10H18F3N5. The highest BCUT2D eigenvalue weighted by molar-refractivity contribution is 4.85. The number of rotatable bonds is 7. The quantitative estimate of drug-likeness (QED) is 0.811. The summed E-state index contributed by atoms with van der Waals surface area (Å²) in [6.45, 7) is 2.65. The van der Waals surface area contributed by atoms with Gasteiger partial charge in [-0.25, -0.2) is 0 Å². The van der Waals surface area contributed by atoms with Crippen molar-refractivity contribution in [2.45, 2.75) is 44.8 Å². The summed E-state index contributed by atoms with van der Waals surface area (Å²) in [4.78, 5) is 1.30. The molecule has 1 N–H and O–H groups in total. The molecule has 0 amide bonds. The maximum Gasteiger partial charge on any atom is 0.389 e. The fourth-order valence-electron chi connectivity index (χ4n) is 1.59. The summed E-state index contributed by atoms with van der Waals surface area (Å²) in [5, 5.41) is 14.5. The van der Waals surface area contributed by atoms with E-state index in [1.54, 1.807) is 7.05 Å². The number of nitrogens with zero attached hydrogens (tertiary/aromatic N) is 4. The van der Waals surface area contributed by atoms with Gasteiger partial charge in [-0.15, -0.1) is 10.2 Å². The molecule has 1 rings (SSSR count). The Morgan fingerprint density at radius 3 is 2.61 bits per heavy atom. The van der Waals surface area contributed by atoms with Crippen LogP contribution < -0.4 is 5.32 Å². The molecule has 0 radical (unpaired) electrons. The highest BCUT2D eigenvalue weighted by Gasteiger charge is 2.28. The van der Waals surface area contributed by atoms with E-state index in [0.29, 0.717) is 18.8 Å². The topological polar surface area (TPSA) is 55.6 Å². The van der Waals surface area contributed by atoms with E-state index < -0.39 is 12.6 Å². The highest BCUT2D eigenvalue weighted by atomic mass is 19.4. The lowest BCUT2D eigenvalue weighted by Crippen LogP contribution is -2.33. The molecule has 1 aromatic rings. The van der Waals surface area contributed by atoms with Crippen molar-refractivity contribution in [3.63, 3.8) is 0 Å². The second-order valence-corrected chi connectivity index (χ2v) is 4.20. The van der Waals surface area contributed by atoms with Crippen LogP contribution in [0.25, 0.3) is 0 Å². The van der Waals surface area contributed by atoms with E-state index in [0.717, 1.165) is 6.42 Å². The molecule has 1 heterocycles. The molecule has 0 saturated carbocycles. The number of aryl methyl sites for hydroxylation is 1. The first-order valence-electron chi connectivity index (χ1n) is 5.93. The zero-order valence-corrected chi connectivity index (χ0v) is 10.5. The lowest BCUT2D eigenvalue weighted by Gasteiger charge is -2.17. The summed E-state index contributed by atoms with van der Waals surface area (Å²) in [6, 6.07) is -0.268. The average molecular weight is 265 g/mol. The Morgan fingerprint density at radius 1 is 1.39 bits per heavy atom. The van der Waals surface area contributed by atoms with Crippen molar-refractivity contribution in [2.24, 2.45) is 7.05 Å². The summed E-state index contributed by atoms with van der Waals surface area (Å²) in [5.74, 6) is 0.466. The van der Waals surface area contributed by atoms with Gasteiger partial charge in [-0.2, -0.15) is 18.0 Å². The van der Waals surface area contributed by atoms with Crippen LogP contribution in [0.5, 0.6) is 0 Å². The molecule has 1 aromatic heterocycles. The third kappa shape index (κ3) is 5.95. The van der Waals surface area contributed by atoms with Gasteiger partial charge in [0.2, 0.25) is 0 Å². The lowest BCUT2D eigenvalue weighted by molar-refractivity contribution is -0.136. The first-order valence-corrected chi connectivity index (χ1v) is 5.93. The predicted octanol–water partition coefficient (Wildman–Crippen LogP) is 1.46. The van der Waals surface area contributed by atoms with Crippen LogP contribution in [0.2, 0.25) is 0 Å². The summed E-state index contributed by atoms with van der Waals surface area (Å²) < 4.78 is 36.6. The zero-order chi connectivity index (χ0) is 13.6. The monoisotopic (exact) mass is 265 g/mol. The van der Waals surface area contributed by atoms with E-state index >= 15 is 0 Å². The van der Waals surface area contributed by atoms with Gasteiger partial charge in [-0.3, -0.25) is 0 Å². The van der Waals surface area contributed by atoms with Crippen molar-refractivity contribution < 1.29 is 13.2 Å². The summed E-state index contributed by atoms with van der Waals surface area (Å²) >= 11 is 0. The molecule has 0 saturated heterocycles. The van der Waals surface area contributed by atoms with Crippen LogP contribution in [-0.2, 0) is 13.5 Å². The smallest absolute Gasteiger partial charge is 0.314 e. The van der Waals surface area contributed by atoms with E-state index in [2.05, 4.69) is 20.7 Å². The fourth-order valence-corrected chi connectivity index (χ4v) is 1.59. The van der Waals surface area contributed by atoms with Gasteiger partial charge in [0, 0.05) is 18.9 Å². The average Bonchev–Trinajstić information content (AvgIpc) is 2.67. The Morgan fingerprint density at radius 2 is 2.11 bits per heavy atom. The third-order valence-corrected chi connectivity index (χ3v) is 2.44. The van der Waals surface area contributed by atoms with Gasteiger partial charge in [0.25, 0.3) is 0 Å². The van der Waals surface area contributed by atoms with Gasteiger partial charge >= 0.3 is 6.18 Å². The number of nitrogens with one attached hydrogen (secondary N) is 1. The van der Waals surface area contributed by atoms with Gasteiger partial charge in [0.15, 0.2) is 5.82 Å². The first kappa shape index (κ1) is 14.9. The van der Waals surface area contributed by atoms with Crippen molar-refractivity contribution in [1.29, 1.82) is 0 Å².